The molecule has 0 radical (unpaired) electrons. The smallest absolute Gasteiger partial charge is 0.550 e. The average molecular weight is 331 g/mol. The predicted molar refractivity (Wildman–Crippen MR) is 82.9 cm³/mol. The van der Waals surface area contributed by atoms with Crippen molar-refractivity contribution in [3.63, 3.8) is 0 Å². The zero-order valence-corrected chi connectivity index (χ0v) is 15.3. The van der Waals surface area contributed by atoms with Crippen LogP contribution in [0.15, 0.2) is 0 Å². The molecule has 0 aromatic rings. The van der Waals surface area contributed by atoms with Crippen LogP contribution in [0.3, 0.4) is 0 Å². The number of carbonyl (C=O) groups excluding carboxylic acids is 2. The first-order valence-electron chi connectivity index (χ1n) is 8.96. The largest absolute Gasteiger partial charge is 2.00 e. The first kappa shape index (κ1) is 19.0. The molecule has 4 rings (SSSR count). The van der Waals surface area contributed by atoms with Crippen LogP contribution in [-0.2, 0) is 9.59 Å². The van der Waals surface area contributed by atoms with Crippen LogP contribution < -0.4 is 10.2 Å². The van der Waals surface area contributed by atoms with Crippen LogP contribution in [0, 0.1) is 35.5 Å². The third-order valence-electron chi connectivity index (χ3n) is 6.68. The minimum Gasteiger partial charge on any atom is -0.550 e. The number of aliphatic carboxylic acids is 2. The summed E-state index contributed by atoms with van der Waals surface area (Å²) < 4.78 is 0. The Morgan fingerprint density at radius 2 is 0.957 bits per heavy atom. The molecule has 5 heteroatoms. The van der Waals surface area contributed by atoms with Gasteiger partial charge in [0, 0.05) is 23.8 Å². The summed E-state index contributed by atoms with van der Waals surface area (Å²) in [7, 11) is 0. The Bertz CT molecular complexity index is 399. The molecule has 6 atom stereocenters. The molecular formula is C18H26MgO4. The van der Waals surface area contributed by atoms with Crippen LogP contribution in [0.4, 0.5) is 0 Å². The normalized spacial score (nSPS) is 40.5. The summed E-state index contributed by atoms with van der Waals surface area (Å²) >= 11 is 0. The van der Waals surface area contributed by atoms with Gasteiger partial charge in [-0.3, -0.25) is 0 Å². The Balaban J connectivity index is 0.000000160. The molecule has 0 saturated heterocycles. The molecule has 4 aliphatic carbocycles. The minimum absolute atomic E-state index is 0. The van der Waals surface area contributed by atoms with Gasteiger partial charge in [-0.15, -0.1) is 0 Å². The van der Waals surface area contributed by atoms with Crippen molar-refractivity contribution in [3.05, 3.63) is 0 Å². The molecule has 0 aromatic heterocycles. The summed E-state index contributed by atoms with van der Waals surface area (Å²) in [4.78, 5) is 21.3. The second kappa shape index (κ2) is 8.19. The predicted octanol–water partition coefficient (Wildman–Crippen LogP) is 0.744. The summed E-state index contributed by atoms with van der Waals surface area (Å²) in [5.74, 6) is 0.747. The zero-order valence-electron chi connectivity index (χ0n) is 13.9. The van der Waals surface area contributed by atoms with E-state index in [0.717, 1.165) is 63.2 Å². The van der Waals surface area contributed by atoms with Gasteiger partial charge >= 0.3 is 23.1 Å². The van der Waals surface area contributed by atoms with Crippen LogP contribution in [-0.4, -0.2) is 35.0 Å². The number of hydrogen-bond acceptors (Lipinski definition) is 4. The number of carbonyl (C=O) groups is 2. The summed E-state index contributed by atoms with van der Waals surface area (Å²) in [6, 6.07) is 0. The standard InChI is InChI=1S/2C9H14O2.Mg/c2*10-9(11)8-4-2-6-1-3-7(8)5-6;/h2*6-8H,1-5H2,(H,10,11);/q;;+2/p-2. The first-order chi connectivity index (χ1) is 10.5. The molecule has 0 spiro atoms. The average Bonchev–Trinajstić information content (AvgIpc) is 3.03. The molecule has 0 heterocycles. The number of hydrogen-bond donors (Lipinski definition) is 0. The first-order valence-corrected chi connectivity index (χ1v) is 8.96. The Kier molecular flexibility index (Phi) is 6.78. The molecule has 4 bridgehead atoms. The summed E-state index contributed by atoms with van der Waals surface area (Å²) in [6.45, 7) is 0. The molecule has 0 aromatic carbocycles. The topological polar surface area (TPSA) is 80.3 Å². The molecule has 4 nitrogen and oxygen atoms in total. The number of carboxylic acid groups (broad SMARTS) is 2. The fourth-order valence-electron chi connectivity index (χ4n) is 5.41. The molecule has 4 saturated carbocycles. The fourth-order valence-corrected chi connectivity index (χ4v) is 5.41. The van der Waals surface area contributed by atoms with Gasteiger partial charge in [0.1, 0.15) is 0 Å². The van der Waals surface area contributed by atoms with E-state index in [-0.39, 0.29) is 34.9 Å². The second-order valence-corrected chi connectivity index (χ2v) is 7.88. The van der Waals surface area contributed by atoms with E-state index in [0.29, 0.717) is 11.8 Å². The molecule has 23 heavy (non-hydrogen) atoms. The van der Waals surface area contributed by atoms with E-state index < -0.39 is 11.9 Å². The van der Waals surface area contributed by atoms with Crippen LogP contribution in [0.1, 0.15) is 64.2 Å². The molecule has 124 valence electrons. The number of rotatable bonds is 2. The molecular weight excluding hydrogens is 304 g/mol. The third kappa shape index (κ3) is 4.41. The van der Waals surface area contributed by atoms with E-state index in [2.05, 4.69) is 0 Å². The van der Waals surface area contributed by atoms with Gasteiger partial charge in [0.15, 0.2) is 0 Å². The van der Waals surface area contributed by atoms with E-state index in [1.807, 2.05) is 0 Å². The summed E-state index contributed by atoms with van der Waals surface area (Å²) in [5.41, 5.74) is 0. The maximum Gasteiger partial charge on any atom is 2.00 e. The van der Waals surface area contributed by atoms with E-state index in [4.69, 9.17) is 0 Å². The quantitative estimate of drug-likeness (QED) is 0.700. The molecule has 4 aliphatic rings. The van der Waals surface area contributed by atoms with Crippen LogP contribution >= 0.6 is 0 Å². The van der Waals surface area contributed by atoms with Gasteiger partial charge < -0.3 is 19.8 Å². The molecule has 0 amide bonds. The van der Waals surface area contributed by atoms with Crippen LogP contribution in [0.5, 0.6) is 0 Å². The fraction of sp³-hybridized carbons (Fsp3) is 0.889. The van der Waals surface area contributed by atoms with Crippen LogP contribution in [0.2, 0.25) is 0 Å². The maximum absolute atomic E-state index is 10.6. The zero-order chi connectivity index (χ0) is 15.7. The Labute approximate surface area is 154 Å². The molecule has 4 fully saturated rings. The molecule has 0 aliphatic heterocycles. The minimum atomic E-state index is -0.810. The Morgan fingerprint density at radius 3 is 1.30 bits per heavy atom. The monoisotopic (exact) mass is 330 g/mol. The Morgan fingerprint density at radius 1 is 0.609 bits per heavy atom. The van der Waals surface area contributed by atoms with Crippen LogP contribution in [0.25, 0.3) is 0 Å². The van der Waals surface area contributed by atoms with Crippen molar-refractivity contribution in [2.75, 3.05) is 0 Å². The van der Waals surface area contributed by atoms with Crippen molar-refractivity contribution >= 4 is 35.0 Å². The van der Waals surface area contributed by atoms with Gasteiger partial charge in [0.2, 0.25) is 0 Å². The summed E-state index contributed by atoms with van der Waals surface area (Å²) in [6.07, 6.45) is 11.1. The SMILES string of the molecule is O=C([O-])C1CCC2CCC1C2.O=C([O-])C1CCC2CCC1C2.[Mg+2]. The van der Waals surface area contributed by atoms with Crippen molar-refractivity contribution in [3.8, 4) is 0 Å². The van der Waals surface area contributed by atoms with Crippen molar-refractivity contribution in [2.24, 2.45) is 35.5 Å². The van der Waals surface area contributed by atoms with Gasteiger partial charge in [0.05, 0.1) is 0 Å². The molecule has 0 N–H and O–H groups in total. The number of fused-ring (bicyclic) bond motifs is 4. The maximum atomic E-state index is 10.6. The second-order valence-electron chi connectivity index (χ2n) is 7.88. The van der Waals surface area contributed by atoms with Gasteiger partial charge in [-0.25, -0.2) is 0 Å². The van der Waals surface area contributed by atoms with Gasteiger partial charge in [-0.1, -0.05) is 12.8 Å². The number of carboxylic acids is 2. The van der Waals surface area contributed by atoms with E-state index in [1.165, 1.54) is 12.8 Å². The van der Waals surface area contributed by atoms with Gasteiger partial charge in [-0.2, -0.15) is 0 Å². The van der Waals surface area contributed by atoms with Gasteiger partial charge in [-0.05, 0) is 75.0 Å². The van der Waals surface area contributed by atoms with Crippen molar-refractivity contribution in [1.82, 2.24) is 0 Å². The van der Waals surface area contributed by atoms with Crippen molar-refractivity contribution < 1.29 is 19.8 Å². The summed E-state index contributed by atoms with van der Waals surface area (Å²) in [5, 5.41) is 21.3. The Hall–Kier alpha value is -0.294. The van der Waals surface area contributed by atoms with E-state index >= 15 is 0 Å². The third-order valence-corrected chi connectivity index (χ3v) is 6.68. The van der Waals surface area contributed by atoms with Crippen molar-refractivity contribution in [2.45, 2.75) is 64.2 Å². The molecule has 6 unspecified atom stereocenters. The van der Waals surface area contributed by atoms with E-state index in [1.54, 1.807) is 0 Å². The van der Waals surface area contributed by atoms with Gasteiger partial charge in [0.25, 0.3) is 0 Å². The van der Waals surface area contributed by atoms with Crippen molar-refractivity contribution in [1.29, 1.82) is 0 Å². The van der Waals surface area contributed by atoms with E-state index in [9.17, 15) is 19.8 Å².